The molecule has 4 atom stereocenters. The molecule has 0 saturated heterocycles. The van der Waals surface area contributed by atoms with Gasteiger partial charge in [0.1, 0.15) is 16.9 Å². The van der Waals surface area contributed by atoms with Crippen molar-refractivity contribution in [3.8, 4) is 0 Å². The Bertz CT molecular complexity index is 1010. The van der Waals surface area contributed by atoms with E-state index in [4.69, 9.17) is 11.6 Å². The lowest BCUT2D eigenvalue weighted by molar-refractivity contribution is -0.00365. The van der Waals surface area contributed by atoms with E-state index in [-0.39, 0.29) is 12.5 Å². The largest absolute Gasteiger partial charge is 0.396 e. The van der Waals surface area contributed by atoms with E-state index >= 15 is 0 Å². The average molecular weight is 431 g/mol. The van der Waals surface area contributed by atoms with Gasteiger partial charge in [-0.05, 0) is 43.0 Å². The fourth-order valence-corrected chi connectivity index (χ4v) is 4.37. The number of fused-ring (bicyclic) bond motifs is 1. The second-order valence-electron chi connectivity index (χ2n) is 7.95. The molecule has 3 aromatic rings. The Morgan fingerprint density at radius 1 is 1.13 bits per heavy atom. The van der Waals surface area contributed by atoms with Crippen molar-refractivity contribution < 1.29 is 15.3 Å². The van der Waals surface area contributed by atoms with Crippen molar-refractivity contribution in [2.45, 2.75) is 50.9 Å². The first-order chi connectivity index (χ1) is 14.5. The number of halogens is 1. The SMILES string of the molecule is CCCCc1ccc(Nc2nc(Cl)c3ccn([C@@H]4C[C@H](CO)[C@@H](O)[C@@H]4O)c3n2)cc1. The summed E-state index contributed by atoms with van der Waals surface area (Å²) in [4.78, 5) is 8.97. The first-order valence-electron chi connectivity index (χ1n) is 10.4. The van der Waals surface area contributed by atoms with E-state index in [2.05, 4.69) is 34.3 Å². The van der Waals surface area contributed by atoms with Gasteiger partial charge in [-0.15, -0.1) is 0 Å². The van der Waals surface area contributed by atoms with Gasteiger partial charge in [0.25, 0.3) is 0 Å². The number of aliphatic hydroxyl groups excluding tert-OH is 3. The lowest BCUT2D eigenvalue weighted by Crippen LogP contribution is -2.30. The van der Waals surface area contributed by atoms with Crippen LogP contribution >= 0.6 is 11.6 Å². The molecule has 2 heterocycles. The third-order valence-corrected chi connectivity index (χ3v) is 6.21. The lowest BCUT2D eigenvalue weighted by Gasteiger charge is -2.19. The molecule has 30 heavy (non-hydrogen) atoms. The van der Waals surface area contributed by atoms with E-state index < -0.39 is 18.2 Å². The quantitative estimate of drug-likeness (QED) is 0.428. The van der Waals surface area contributed by atoms with Gasteiger partial charge >= 0.3 is 0 Å². The van der Waals surface area contributed by atoms with Crippen LogP contribution in [0.2, 0.25) is 5.15 Å². The normalized spacial score (nSPS) is 23.9. The predicted molar refractivity (Wildman–Crippen MR) is 117 cm³/mol. The molecule has 1 fully saturated rings. The number of unbranched alkanes of at least 4 members (excludes halogenated alkanes) is 1. The van der Waals surface area contributed by atoms with Gasteiger partial charge in [0.15, 0.2) is 0 Å². The highest BCUT2D eigenvalue weighted by Crippen LogP contribution is 2.38. The second-order valence-corrected chi connectivity index (χ2v) is 8.31. The number of rotatable bonds is 7. The number of aliphatic hydroxyl groups is 3. The Morgan fingerprint density at radius 2 is 1.90 bits per heavy atom. The van der Waals surface area contributed by atoms with Crippen molar-refractivity contribution in [2.75, 3.05) is 11.9 Å². The molecular formula is C22H27ClN4O3. The summed E-state index contributed by atoms with van der Waals surface area (Å²) in [5, 5.41) is 34.3. The number of aromatic nitrogens is 3. The lowest BCUT2D eigenvalue weighted by atomic mass is 10.1. The summed E-state index contributed by atoms with van der Waals surface area (Å²) in [7, 11) is 0. The van der Waals surface area contributed by atoms with Crippen molar-refractivity contribution in [1.82, 2.24) is 14.5 Å². The van der Waals surface area contributed by atoms with E-state index in [9.17, 15) is 15.3 Å². The van der Waals surface area contributed by atoms with Crippen molar-refractivity contribution in [1.29, 1.82) is 0 Å². The van der Waals surface area contributed by atoms with Crippen LogP contribution in [0.4, 0.5) is 11.6 Å². The van der Waals surface area contributed by atoms with Crippen LogP contribution in [-0.2, 0) is 6.42 Å². The summed E-state index contributed by atoms with van der Waals surface area (Å²) in [6, 6.07) is 9.57. The van der Waals surface area contributed by atoms with Crippen molar-refractivity contribution >= 4 is 34.3 Å². The second kappa shape index (κ2) is 8.89. The van der Waals surface area contributed by atoms with Crippen molar-refractivity contribution in [3.63, 3.8) is 0 Å². The van der Waals surface area contributed by atoms with Gasteiger partial charge in [-0.1, -0.05) is 37.1 Å². The van der Waals surface area contributed by atoms with Gasteiger partial charge in [0.2, 0.25) is 5.95 Å². The molecule has 0 aliphatic heterocycles. The molecule has 1 aliphatic rings. The van der Waals surface area contributed by atoms with Crippen LogP contribution in [0.1, 0.15) is 37.8 Å². The van der Waals surface area contributed by atoms with Crippen LogP contribution in [0.15, 0.2) is 36.5 Å². The van der Waals surface area contributed by atoms with E-state index in [1.165, 1.54) is 5.56 Å². The van der Waals surface area contributed by atoms with Crippen molar-refractivity contribution in [2.24, 2.45) is 5.92 Å². The van der Waals surface area contributed by atoms with Crippen LogP contribution in [-0.4, -0.2) is 48.7 Å². The standard InChI is InChI=1S/C22H27ClN4O3/c1-2-3-4-13-5-7-15(8-6-13)24-22-25-20(23)16-9-10-27(21(16)26-22)17-11-14(12-28)18(29)19(17)30/h5-10,14,17-19,28-30H,2-4,11-12H2,1H3,(H,24,25,26)/t14-,17-,18-,19-/m1/s1. The zero-order valence-electron chi connectivity index (χ0n) is 16.9. The Hall–Kier alpha value is -2.19. The maximum atomic E-state index is 10.5. The summed E-state index contributed by atoms with van der Waals surface area (Å²) in [5.74, 6) is -0.0101. The molecule has 2 aromatic heterocycles. The maximum Gasteiger partial charge on any atom is 0.230 e. The highest BCUT2D eigenvalue weighted by molar-refractivity contribution is 6.34. The van der Waals surface area contributed by atoms with Crippen molar-refractivity contribution in [3.05, 3.63) is 47.2 Å². The molecule has 4 rings (SSSR count). The Balaban J connectivity index is 1.61. The van der Waals surface area contributed by atoms with E-state index in [1.807, 2.05) is 16.7 Å². The number of hydrogen-bond donors (Lipinski definition) is 4. The minimum atomic E-state index is -0.987. The minimum absolute atomic E-state index is 0.176. The van der Waals surface area contributed by atoms with Crippen LogP contribution in [0.5, 0.6) is 0 Å². The Kier molecular flexibility index (Phi) is 6.24. The molecule has 1 aliphatic carbocycles. The van der Waals surface area contributed by atoms with E-state index in [0.717, 1.165) is 24.9 Å². The molecule has 1 saturated carbocycles. The number of anilines is 2. The summed E-state index contributed by atoms with van der Waals surface area (Å²) >= 11 is 6.40. The molecule has 1 aromatic carbocycles. The molecule has 0 unspecified atom stereocenters. The first-order valence-corrected chi connectivity index (χ1v) is 10.8. The Morgan fingerprint density at radius 3 is 2.57 bits per heavy atom. The minimum Gasteiger partial charge on any atom is -0.396 e. The molecular weight excluding hydrogens is 404 g/mol. The smallest absolute Gasteiger partial charge is 0.230 e. The molecule has 7 nitrogen and oxygen atoms in total. The fourth-order valence-electron chi connectivity index (χ4n) is 4.14. The summed E-state index contributed by atoms with van der Waals surface area (Å²) in [5.41, 5.74) is 2.73. The third-order valence-electron chi connectivity index (χ3n) is 5.92. The Labute approximate surface area is 180 Å². The maximum absolute atomic E-state index is 10.5. The van der Waals surface area contributed by atoms with E-state index in [0.29, 0.717) is 28.6 Å². The zero-order chi connectivity index (χ0) is 21.3. The summed E-state index contributed by atoms with van der Waals surface area (Å²) in [6.07, 6.45) is 3.67. The molecule has 8 heteroatoms. The highest BCUT2D eigenvalue weighted by atomic mass is 35.5. The molecule has 4 N–H and O–H groups in total. The van der Waals surface area contributed by atoms with Gasteiger partial charge in [0.05, 0.1) is 17.5 Å². The first kappa shape index (κ1) is 21.1. The van der Waals surface area contributed by atoms with Gasteiger partial charge in [-0.3, -0.25) is 0 Å². The topological polar surface area (TPSA) is 103 Å². The molecule has 160 valence electrons. The molecule has 0 spiro atoms. The molecule has 0 amide bonds. The molecule has 0 radical (unpaired) electrons. The van der Waals surface area contributed by atoms with E-state index in [1.54, 1.807) is 12.3 Å². The third kappa shape index (κ3) is 4.03. The number of hydrogen-bond acceptors (Lipinski definition) is 6. The summed E-state index contributed by atoms with van der Waals surface area (Å²) < 4.78 is 1.81. The highest BCUT2D eigenvalue weighted by Gasteiger charge is 2.42. The van der Waals surface area contributed by atoms with Crippen LogP contribution in [0, 0.1) is 5.92 Å². The van der Waals surface area contributed by atoms with Gasteiger partial charge in [-0.2, -0.15) is 4.98 Å². The monoisotopic (exact) mass is 430 g/mol. The number of nitrogens with zero attached hydrogens (tertiary/aromatic N) is 3. The van der Waals surface area contributed by atoms with Gasteiger partial charge in [0, 0.05) is 24.4 Å². The zero-order valence-corrected chi connectivity index (χ0v) is 17.6. The van der Waals surface area contributed by atoms with Crippen LogP contribution in [0.25, 0.3) is 11.0 Å². The fraction of sp³-hybridized carbons (Fsp3) is 0.455. The number of benzene rings is 1. The number of nitrogens with one attached hydrogen (secondary N) is 1. The van der Waals surface area contributed by atoms with Gasteiger partial charge in [-0.25, -0.2) is 4.98 Å². The summed E-state index contributed by atoms with van der Waals surface area (Å²) in [6.45, 7) is 2.00. The number of aryl methyl sites for hydroxylation is 1. The predicted octanol–water partition coefficient (Wildman–Crippen LogP) is 3.45. The average Bonchev–Trinajstić information content (AvgIpc) is 3.29. The molecule has 0 bridgehead atoms. The van der Waals surface area contributed by atoms with Crippen LogP contribution in [0.3, 0.4) is 0 Å². The van der Waals surface area contributed by atoms with Crippen LogP contribution < -0.4 is 5.32 Å². The van der Waals surface area contributed by atoms with Gasteiger partial charge < -0.3 is 25.2 Å².